The van der Waals surface area contributed by atoms with E-state index in [1.54, 1.807) is 0 Å². The maximum atomic E-state index is 10.4. The zero-order valence-electron chi connectivity index (χ0n) is 8.32. The summed E-state index contributed by atoms with van der Waals surface area (Å²) in [6.07, 6.45) is -1.15. The smallest absolute Gasteiger partial charge is 0.306 e. The monoisotopic (exact) mass is 194 g/mol. The van der Waals surface area contributed by atoms with Gasteiger partial charge in [-0.25, -0.2) is 0 Å². The minimum absolute atomic E-state index is 0.244. The molecule has 0 amide bonds. The van der Waals surface area contributed by atoms with Crippen LogP contribution in [0.5, 0.6) is 0 Å². The minimum atomic E-state index is -0.986. The molecule has 3 nitrogen and oxygen atoms in total. The third kappa shape index (κ3) is 2.33. The summed E-state index contributed by atoms with van der Waals surface area (Å²) in [6.45, 7) is 3.74. The standard InChI is InChI=1S/C11H14O3/c1-7-4-3-5-8(2)11(7)9(12)6-10(13)14/h3-5,9,12H,6H2,1-2H3,(H,13,14)/t9-/m0/s1. The molecule has 0 unspecified atom stereocenters. The number of aliphatic hydroxyl groups excluding tert-OH is 1. The van der Waals surface area contributed by atoms with Gasteiger partial charge >= 0.3 is 5.97 Å². The SMILES string of the molecule is Cc1cccc(C)c1[C@@H](O)CC(=O)O. The van der Waals surface area contributed by atoms with Crippen LogP contribution in [0.3, 0.4) is 0 Å². The Bertz CT molecular complexity index is 324. The van der Waals surface area contributed by atoms with Crippen LogP contribution in [0, 0.1) is 13.8 Å². The molecule has 76 valence electrons. The molecule has 0 aliphatic rings. The van der Waals surface area contributed by atoms with Crippen LogP contribution < -0.4 is 0 Å². The van der Waals surface area contributed by atoms with Gasteiger partial charge in [-0.1, -0.05) is 18.2 Å². The number of aryl methyl sites for hydroxylation is 2. The second-order valence-electron chi connectivity index (χ2n) is 3.42. The Morgan fingerprint density at radius 1 is 1.36 bits per heavy atom. The highest BCUT2D eigenvalue weighted by molar-refractivity contribution is 5.68. The third-order valence-electron chi connectivity index (χ3n) is 2.24. The number of carbonyl (C=O) groups is 1. The second kappa shape index (κ2) is 4.24. The average Bonchev–Trinajstić information content (AvgIpc) is 2.01. The quantitative estimate of drug-likeness (QED) is 0.771. The molecule has 0 aliphatic heterocycles. The molecule has 0 saturated heterocycles. The lowest BCUT2D eigenvalue weighted by molar-refractivity contribution is -0.139. The molecule has 14 heavy (non-hydrogen) atoms. The number of carboxylic acids is 1. The number of hydrogen-bond acceptors (Lipinski definition) is 2. The number of carboxylic acid groups (broad SMARTS) is 1. The highest BCUT2D eigenvalue weighted by Crippen LogP contribution is 2.23. The average molecular weight is 194 g/mol. The van der Waals surface area contributed by atoms with Crippen LogP contribution in [0.15, 0.2) is 18.2 Å². The number of benzene rings is 1. The fourth-order valence-corrected chi connectivity index (χ4v) is 1.62. The van der Waals surface area contributed by atoms with E-state index in [-0.39, 0.29) is 6.42 Å². The summed E-state index contributed by atoms with van der Waals surface area (Å²) < 4.78 is 0. The van der Waals surface area contributed by atoms with Crippen molar-refractivity contribution in [2.75, 3.05) is 0 Å². The van der Waals surface area contributed by atoms with Gasteiger partial charge in [0.05, 0.1) is 12.5 Å². The fraction of sp³-hybridized carbons (Fsp3) is 0.364. The van der Waals surface area contributed by atoms with E-state index in [0.717, 1.165) is 16.7 Å². The van der Waals surface area contributed by atoms with Gasteiger partial charge in [-0.05, 0) is 30.5 Å². The van der Waals surface area contributed by atoms with Crippen LogP contribution >= 0.6 is 0 Å². The zero-order chi connectivity index (χ0) is 10.7. The molecule has 3 heteroatoms. The molecule has 0 radical (unpaired) electrons. The summed E-state index contributed by atoms with van der Waals surface area (Å²) in [4.78, 5) is 10.4. The molecule has 1 rings (SSSR count). The molecule has 1 atom stereocenters. The van der Waals surface area contributed by atoms with Gasteiger partial charge in [0, 0.05) is 0 Å². The Balaban J connectivity index is 2.99. The van der Waals surface area contributed by atoms with Crippen molar-refractivity contribution in [2.45, 2.75) is 26.4 Å². The predicted octanol–water partition coefficient (Wildman–Crippen LogP) is 1.81. The Labute approximate surface area is 83.0 Å². The lowest BCUT2D eigenvalue weighted by Crippen LogP contribution is -2.08. The van der Waals surface area contributed by atoms with Gasteiger partial charge in [0.15, 0.2) is 0 Å². The van der Waals surface area contributed by atoms with Gasteiger partial charge in [0.25, 0.3) is 0 Å². The topological polar surface area (TPSA) is 57.5 Å². The van der Waals surface area contributed by atoms with Crippen LogP contribution in [-0.2, 0) is 4.79 Å². The van der Waals surface area contributed by atoms with Crippen molar-refractivity contribution in [2.24, 2.45) is 0 Å². The van der Waals surface area contributed by atoms with Gasteiger partial charge in [0.2, 0.25) is 0 Å². The second-order valence-corrected chi connectivity index (χ2v) is 3.42. The fourth-order valence-electron chi connectivity index (χ4n) is 1.62. The molecule has 0 saturated carbocycles. The highest BCUT2D eigenvalue weighted by atomic mass is 16.4. The maximum absolute atomic E-state index is 10.4. The van der Waals surface area contributed by atoms with Crippen molar-refractivity contribution >= 4 is 5.97 Å². The van der Waals surface area contributed by atoms with Gasteiger partial charge in [-0.3, -0.25) is 4.79 Å². The molecule has 0 heterocycles. The van der Waals surface area contributed by atoms with E-state index in [9.17, 15) is 9.90 Å². The zero-order valence-corrected chi connectivity index (χ0v) is 8.32. The summed E-state index contributed by atoms with van der Waals surface area (Å²) in [5, 5.41) is 18.2. The summed E-state index contributed by atoms with van der Waals surface area (Å²) >= 11 is 0. The van der Waals surface area contributed by atoms with Gasteiger partial charge < -0.3 is 10.2 Å². The van der Waals surface area contributed by atoms with Crippen LogP contribution in [0.2, 0.25) is 0 Å². The number of aliphatic carboxylic acids is 1. The Hall–Kier alpha value is -1.35. The largest absolute Gasteiger partial charge is 0.481 e. The molecule has 0 fully saturated rings. The number of hydrogen-bond donors (Lipinski definition) is 2. The lowest BCUT2D eigenvalue weighted by atomic mass is 9.96. The molecular formula is C11H14O3. The Kier molecular flexibility index (Phi) is 3.25. The van der Waals surface area contributed by atoms with Crippen molar-refractivity contribution in [1.82, 2.24) is 0 Å². The highest BCUT2D eigenvalue weighted by Gasteiger charge is 2.15. The van der Waals surface area contributed by atoms with Crippen LogP contribution in [0.1, 0.15) is 29.2 Å². The maximum Gasteiger partial charge on any atom is 0.306 e. The number of rotatable bonds is 3. The Morgan fingerprint density at radius 3 is 2.29 bits per heavy atom. The summed E-state index contributed by atoms with van der Waals surface area (Å²) in [6, 6.07) is 5.63. The van der Waals surface area contributed by atoms with Crippen molar-refractivity contribution in [3.8, 4) is 0 Å². The molecular weight excluding hydrogens is 180 g/mol. The molecule has 0 aromatic heterocycles. The van der Waals surface area contributed by atoms with E-state index in [4.69, 9.17) is 5.11 Å². The number of aliphatic hydroxyl groups is 1. The summed E-state index contributed by atoms with van der Waals surface area (Å²) in [7, 11) is 0. The predicted molar refractivity (Wildman–Crippen MR) is 53.1 cm³/mol. The first-order chi connectivity index (χ1) is 6.52. The molecule has 0 aliphatic carbocycles. The summed E-state index contributed by atoms with van der Waals surface area (Å²) in [5.74, 6) is -0.986. The van der Waals surface area contributed by atoms with E-state index in [0.29, 0.717) is 0 Å². The third-order valence-corrected chi connectivity index (χ3v) is 2.24. The van der Waals surface area contributed by atoms with E-state index in [1.165, 1.54) is 0 Å². The molecule has 1 aromatic carbocycles. The molecule has 2 N–H and O–H groups in total. The normalized spacial score (nSPS) is 12.5. The minimum Gasteiger partial charge on any atom is -0.481 e. The van der Waals surface area contributed by atoms with Crippen LogP contribution in [0.25, 0.3) is 0 Å². The van der Waals surface area contributed by atoms with E-state index < -0.39 is 12.1 Å². The van der Waals surface area contributed by atoms with Crippen LogP contribution in [-0.4, -0.2) is 16.2 Å². The van der Waals surface area contributed by atoms with Gasteiger partial charge in [0.1, 0.15) is 0 Å². The molecule has 1 aromatic rings. The van der Waals surface area contributed by atoms with Crippen molar-refractivity contribution in [3.05, 3.63) is 34.9 Å². The van der Waals surface area contributed by atoms with E-state index in [1.807, 2.05) is 32.0 Å². The first-order valence-corrected chi connectivity index (χ1v) is 4.48. The summed E-state index contributed by atoms with van der Waals surface area (Å²) in [5.41, 5.74) is 2.59. The van der Waals surface area contributed by atoms with Crippen molar-refractivity contribution in [1.29, 1.82) is 0 Å². The van der Waals surface area contributed by atoms with Gasteiger partial charge in [-0.15, -0.1) is 0 Å². The van der Waals surface area contributed by atoms with Crippen LogP contribution in [0.4, 0.5) is 0 Å². The van der Waals surface area contributed by atoms with E-state index >= 15 is 0 Å². The molecule has 0 bridgehead atoms. The van der Waals surface area contributed by atoms with Crippen molar-refractivity contribution < 1.29 is 15.0 Å². The first kappa shape index (κ1) is 10.7. The first-order valence-electron chi connectivity index (χ1n) is 4.48. The Morgan fingerprint density at radius 2 is 1.86 bits per heavy atom. The van der Waals surface area contributed by atoms with Gasteiger partial charge in [-0.2, -0.15) is 0 Å². The van der Waals surface area contributed by atoms with E-state index in [2.05, 4.69) is 0 Å². The van der Waals surface area contributed by atoms with Crippen molar-refractivity contribution in [3.63, 3.8) is 0 Å². The molecule has 0 spiro atoms. The lowest BCUT2D eigenvalue weighted by Gasteiger charge is -2.14.